The van der Waals surface area contributed by atoms with E-state index in [1.54, 1.807) is 0 Å². The number of piperazine rings is 1. The molecule has 7 heteroatoms. The molecule has 2 heterocycles. The van der Waals surface area contributed by atoms with Gasteiger partial charge in [0.05, 0.1) is 6.54 Å². The van der Waals surface area contributed by atoms with Gasteiger partial charge in [-0.1, -0.05) is 25.0 Å². The quantitative estimate of drug-likeness (QED) is 0.752. The van der Waals surface area contributed by atoms with Crippen LogP contribution in [-0.2, 0) is 16.1 Å². The highest BCUT2D eigenvalue weighted by Crippen LogP contribution is 2.27. The second-order valence-electron chi connectivity index (χ2n) is 8.72. The zero-order valence-corrected chi connectivity index (χ0v) is 18.7. The molecule has 3 fully saturated rings. The minimum atomic E-state index is 0.0251. The van der Waals surface area contributed by atoms with E-state index in [0.29, 0.717) is 12.5 Å². The zero-order chi connectivity index (χ0) is 20.8. The Labute approximate surface area is 184 Å². The highest BCUT2D eigenvalue weighted by Gasteiger charge is 2.29. The Morgan fingerprint density at radius 2 is 1.70 bits per heavy atom. The fourth-order valence-corrected chi connectivity index (χ4v) is 5.70. The van der Waals surface area contributed by atoms with E-state index in [2.05, 4.69) is 27.2 Å². The molecule has 1 aliphatic carbocycles. The maximum absolute atomic E-state index is 12.6. The van der Waals surface area contributed by atoms with Crippen molar-refractivity contribution >= 4 is 29.3 Å². The number of nitrogens with zero attached hydrogens (tertiary/aromatic N) is 3. The molecule has 1 N–H and O–H groups in total. The summed E-state index contributed by atoms with van der Waals surface area (Å²) in [5.41, 5.74) is 2.12. The molecule has 4 rings (SSSR count). The molecular formula is C23H34N4O2S. The average molecular weight is 431 g/mol. The summed E-state index contributed by atoms with van der Waals surface area (Å²) in [6, 6.07) is 8.22. The van der Waals surface area contributed by atoms with Gasteiger partial charge in [-0.15, -0.1) is 0 Å². The van der Waals surface area contributed by atoms with E-state index in [1.807, 2.05) is 28.8 Å². The third-order valence-corrected chi connectivity index (χ3v) is 7.42. The second-order valence-corrected chi connectivity index (χ2v) is 9.94. The SMILES string of the molecule is O=C(CN1CCN(C(=O)C2CCCC2)CC1)Nc1cccc(CN2CCSCC2)c1. The Morgan fingerprint density at radius 1 is 0.967 bits per heavy atom. The van der Waals surface area contributed by atoms with Crippen LogP contribution in [-0.4, -0.2) is 83.8 Å². The first-order chi connectivity index (χ1) is 14.7. The first-order valence-electron chi connectivity index (χ1n) is 11.4. The van der Waals surface area contributed by atoms with E-state index >= 15 is 0 Å². The van der Waals surface area contributed by atoms with Gasteiger partial charge in [0, 0.05) is 68.9 Å². The molecule has 30 heavy (non-hydrogen) atoms. The van der Waals surface area contributed by atoms with Crippen LogP contribution in [0.3, 0.4) is 0 Å². The lowest BCUT2D eigenvalue weighted by Gasteiger charge is -2.35. The van der Waals surface area contributed by atoms with Crippen LogP contribution in [0, 0.1) is 5.92 Å². The number of carbonyl (C=O) groups excluding carboxylic acids is 2. The van der Waals surface area contributed by atoms with Crippen molar-refractivity contribution in [2.45, 2.75) is 32.2 Å². The fraction of sp³-hybridized carbons (Fsp3) is 0.652. The number of benzene rings is 1. The van der Waals surface area contributed by atoms with Crippen molar-refractivity contribution in [2.75, 3.05) is 62.6 Å². The molecule has 0 aromatic heterocycles. The highest BCUT2D eigenvalue weighted by atomic mass is 32.2. The molecule has 1 aromatic carbocycles. The molecule has 1 saturated carbocycles. The lowest BCUT2D eigenvalue weighted by Crippen LogP contribution is -2.51. The van der Waals surface area contributed by atoms with Crippen molar-refractivity contribution in [2.24, 2.45) is 5.92 Å². The van der Waals surface area contributed by atoms with Gasteiger partial charge in [0.1, 0.15) is 0 Å². The third kappa shape index (κ3) is 5.99. The number of carbonyl (C=O) groups is 2. The number of nitrogens with one attached hydrogen (secondary N) is 1. The van der Waals surface area contributed by atoms with Crippen LogP contribution in [0.5, 0.6) is 0 Å². The van der Waals surface area contributed by atoms with Crippen LogP contribution >= 0.6 is 11.8 Å². The standard InChI is InChI=1S/C23H34N4O2S/c28-22(18-25-8-10-27(11-9-25)23(29)20-5-1-2-6-20)24-21-7-3-4-19(16-21)17-26-12-14-30-15-13-26/h3-4,7,16,20H,1-2,5-6,8-15,17-18H2,(H,24,28). The summed E-state index contributed by atoms with van der Waals surface area (Å²) in [7, 11) is 0. The molecule has 0 spiro atoms. The minimum Gasteiger partial charge on any atom is -0.340 e. The average Bonchev–Trinajstić information content (AvgIpc) is 3.30. The van der Waals surface area contributed by atoms with Crippen LogP contribution in [0.4, 0.5) is 5.69 Å². The number of thioether (sulfide) groups is 1. The Balaban J connectivity index is 1.21. The van der Waals surface area contributed by atoms with Crippen molar-refractivity contribution < 1.29 is 9.59 Å². The smallest absolute Gasteiger partial charge is 0.238 e. The largest absolute Gasteiger partial charge is 0.340 e. The molecule has 2 saturated heterocycles. The van der Waals surface area contributed by atoms with Gasteiger partial charge in [-0.3, -0.25) is 19.4 Å². The number of amides is 2. The van der Waals surface area contributed by atoms with Gasteiger partial charge in [0.25, 0.3) is 0 Å². The molecular weight excluding hydrogens is 396 g/mol. The first-order valence-corrected chi connectivity index (χ1v) is 12.5. The number of hydrogen-bond acceptors (Lipinski definition) is 5. The Kier molecular flexibility index (Phi) is 7.68. The third-order valence-electron chi connectivity index (χ3n) is 6.48. The second kappa shape index (κ2) is 10.6. The molecule has 0 bridgehead atoms. The lowest BCUT2D eigenvalue weighted by molar-refractivity contribution is -0.137. The molecule has 3 aliphatic rings. The molecule has 6 nitrogen and oxygen atoms in total. The highest BCUT2D eigenvalue weighted by molar-refractivity contribution is 7.99. The van der Waals surface area contributed by atoms with Gasteiger partial charge in [0.2, 0.25) is 11.8 Å². The van der Waals surface area contributed by atoms with E-state index in [4.69, 9.17) is 0 Å². The fourth-order valence-electron chi connectivity index (χ4n) is 4.73. The molecule has 1 aromatic rings. The zero-order valence-electron chi connectivity index (χ0n) is 17.9. The van der Waals surface area contributed by atoms with Gasteiger partial charge in [0.15, 0.2) is 0 Å². The van der Waals surface area contributed by atoms with Crippen molar-refractivity contribution in [1.29, 1.82) is 0 Å². The van der Waals surface area contributed by atoms with Gasteiger partial charge in [-0.05, 0) is 30.5 Å². The molecule has 164 valence electrons. The van der Waals surface area contributed by atoms with Gasteiger partial charge in [-0.2, -0.15) is 11.8 Å². The van der Waals surface area contributed by atoms with Crippen LogP contribution in [0.1, 0.15) is 31.2 Å². The Hall–Kier alpha value is -1.57. The predicted octanol–water partition coefficient (Wildman–Crippen LogP) is 2.51. The van der Waals surface area contributed by atoms with Crippen molar-refractivity contribution in [3.05, 3.63) is 29.8 Å². The van der Waals surface area contributed by atoms with E-state index in [-0.39, 0.29) is 11.8 Å². The van der Waals surface area contributed by atoms with Crippen LogP contribution in [0.25, 0.3) is 0 Å². The molecule has 2 amide bonds. The summed E-state index contributed by atoms with van der Waals surface area (Å²) >= 11 is 2.02. The van der Waals surface area contributed by atoms with Gasteiger partial charge < -0.3 is 10.2 Å². The molecule has 0 radical (unpaired) electrons. The summed E-state index contributed by atoms with van der Waals surface area (Å²) < 4.78 is 0. The normalized spacial score (nSPS) is 21.7. The lowest BCUT2D eigenvalue weighted by atomic mass is 10.1. The van der Waals surface area contributed by atoms with Crippen molar-refractivity contribution in [3.8, 4) is 0 Å². The van der Waals surface area contributed by atoms with E-state index < -0.39 is 0 Å². The van der Waals surface area contributed by atoms with Crippen molar-refractivity contribution in [3.63, 3.8) is 0 Å². The summed E-state index contributed by atoms with van der Waals surface area (Å²) in [6.07, 6.45) is 4.48. The molecule has 2 aliphatic heterocycles. The van der Waals surface area contributed by atoms with Crippen LogP contribution in [0.15, 0.2) is 24.3 Å². The summed E-state index contributed by atoms with van der Waals surface area (Å²) in [6.45, 7) is 6.64. The van der Waals surface area contributed by atoms with E-state index in [0.717, 1.165) is 64.3 Å². The summed E-state index contributed by atoms with van der Waals surface area (Å²) in [4.78, 5) is 31.8. The summed E-state index contributed by atoms with van der Waals surface area (Å²) in [5.74, 6) is 3.01. The van der Waals surface area contributed by atoms with Crippen LogP contribution in [0.2, 0.25) is 0 Å². The predicted molar refractivity (Wildman–Crippen MR) is 123 cm³/mol. The van der Waals surface area contributed by atoms with Crippen molar-refractivity contribution in [1.82, 2.24) is 14.7 Å². The molecule has 0 unspecified atom stereocenters. The van der Waals surface area contributed by atoms with E-state index in [9.17, 15) is 9.59 Å². The van der Waals surface area contributed by atoms with Gasteiger partial charge in [-0.25, -0.2) is 0 Å². The Morgan fingerprint density at radius 3 is 2.43 bits per heavy atom. The van der Waals surface area contributed by atoms with Gasteiger partial charge >= 0.3 is 0 Å². The maximum Gasteiger partial charge on any atom is 0.238 e. The first kappa shape index (κ1) is 21.7. The van der Waals surface area contributed by atoms with Crippen LogP contribution < -0.4 is 5.32 Å². The monoisotopic (exact) mass is 430 g/mol. The Bertz CT molecular complexity index is 724. The van der Waals surface area contributed by atoms with E-state index in [1.165, 1.54) is 29.9 Å². The number of anilines is 1. The number of rotatable bonds is 6. The minimum absolute atomic E-state index is 0.0251. The molecule has 0 atom stereocenters. The maximum atomic E-state index is 12.6. The summed E-state index contributed by atoms with van der Waals surface area (Å²) in [5, 5.41) is 3.06. The number of hydrogen-bond donors (Lipinski definition) is 1. The topological polar surface area (TPSA) is 55.9 Å².